The monoisotopic (exact) mass is 333 g/mol. The van der Waals surface area contributed by atoms with Crippen molar-refractivity contribution in [2.75, 3.05) is 0 Å². The molecule has 124 valence electrons. The number of aryl methyl sites for hydroxylation is 2. The number of carbonyl (C=O) groups is 1. The maximum Gasteiger partial charge on any atom is 0.315 e. The number of thiazole rings is 1. The van der Waals surface area contributed by atoms with Crippen LogP contribution in [0.2, 0.25) is 0 Å². The summed E-state index contributed by atoms with van der Waals surface area (Å²) in [6.45, 7) is 4.03. The van der Waals surface area contributed by atoms with Crippen LogP contribution in [0.15, 0.2) is 11.6 Å². The van der Waals surface area contributed by atoms with Crippen molar-refractivity contribution in [3.05, 3.63) is 33.5 Å². The number of urea groups is 1. The normalized spacial score (nSPS) is 18.3. The Morgan fingerprint density at radius 3 is 3.09 bits per heavy atom. The van der Waals surface area contributed by atoms with Gasteiger partial charge in [-0.3, -0.25) is 4.68 Å². The zero-order valence-corrected chi connectivity index (χ0v) is 14.6. The molecule has 0 saturated heterocycles. The molecule has 6 nitrogen and oxygen atoms in total. The summed E-state index contributed by atoms with van der Waals surface area (Å²) >= 11 is 1.60. The second-order valence-corrected chi connectivity index (χ2v) is 6.91. The van der Waals surface area contributed by atoms with E-state index in [0.717, 1.165) is 41.9 Å². The summed E-state index contributed by atoms with van der Waals surface area (Å²) in [5, 5.41) is 13.5. The predicted octanol–water partition coefficient (Wildman–Crippen LogP) is 3.01. The van der Waals surface area contributed by atoms with E-state index in [0.29, 0.717) is 0 Å². The van der Waals surface area contributed by atoms with Gasteiger partial charge in [-0.1, -0.05) is 6.92 Å². The van der Waals surface area contributed by atoms with E-state index in [4.69, 9.17) is 0 Å². The lowest BCUT2D eigenvalue weighted by molar-refractivity contribution is 0.231. The second-order valence-electron chi connectivity index (χ2n) is 6.02. The Morgan fingerprint density at radius 1 is 1.57 bits per heavy atom. The third-order valence-corrected chi connectivity index (χ3v) is 5.41. The number of nitrogens with one attached hydrogen (secondary N) is 2. The van der Waals surface area contributed by atoms with Gasteiger partial charge in [0.1, 0.15) is 5.01 Å². The van der Waals surface area contributed by atoms with Crippen LogP contribution in [0.5, 0.6) is 0 Å². The molecule has 2 aromatic heterocycles. The highest BCUT2D eigenvalue weighted by Crippen LogP contribution is 2.29. The fraction of sp³-hybridized carbons (Fsp3) is 0.562. The summed E-state index contributed by atoms with van der Waals surface area (Å²) in [7, 11) is 1.96. The van der Waals surface area contributed by atoms with Gasteiger partial charge >= 0.3 is 6.03 Å². The van der Waals surface area contributed by atoms with E-state index in [1.165, 1.54) is 5.69 Å². The summed E-state index contributed by atoms with van der Waals surface area (Å²) < 4.78 is 1.91. The summed E-state index contributed by atoms with van der Waals surface area (Å²) in [5.74, 6) is 0. The van der Waals surface area contributed by atoms with E-state index in [1.807, 2.05) is 30.2 Å². The lowest BCUT2D eigenvalue weighted by Crippen LogP contribution is -2.40. The van der Waals surface area contributed by atoms with Crippen molar-refractivity contribution in [1.29, 1.82) is 0 Å². The standard InChI is InChI=1S/C16H23N5OS/c1-4-12(15-18-10(2)9-23-15)19-16(22)20-13-6-5-7-14-11(13)8-17-21(14)3/h8-9,12-13H,4-7H2,1-3H3,(H2,19,20,22)/t12-,13+/m1/s1. The Bertz CT molecular complexity index is 692. The molecule has 0 fully saturated rings. The quantitative estimate of drug-likeness (QED) is 0.903. The largest absolute Gasteiger partial charge is 0.331 e. The maximum atomic E-state index is 12.4. The third-order valence-electron chi connectivity index (χ3n) is 4.33. The van der Waals surface area contributed by atoms with Gasteiger partial charge in [0.05, 0.1) is 18.3 Å². The molecule has 0 radical (unpaired) electrons. The van der Waals surface area contributed by atoms with Gasteiger partial charge in [-0.25, -0.2) is 9.78 Å². The maximum absolute atomic E-state index is 12.4. The minimum absolute atomic E-state index is 0.0364. The predicted molar refractivity (Wildman–Crippen MR) is 90.4 cm³/mol. The molecule has 0 aromatic carbocycles. The fourth-order valence-electron chi connectivity index (χ4n) is 3.08. The summed E-state index contributed by atoms with van der Waals surface area (Å²) in [4.78, 5) is 16.9. The van der Waals surface area contributed by atoms with Crippen molar-refractivity contribution in [3.8, 4) is 0 Å². The molecule has 0 spiro atoms. The van der Waals surface area contributed by atoms with Crippen LogP contribution < -0.4 is 10.6 Å². The first kappa shape index (κ1) is 16.0. The van der Waals surface area contributed by atoms with Crippen LogP contribution in [0.3, 0.4) is 0 Å². The molecule has 2 atom stereocenters. The molecule has 2 heterocycles. The zero-order valence-electron chi connectivity index (χ0n) is 13.8. The number of fused-ring (bicyclic) bond motifs is 1. The molecule has 2 amide bonds. The number of carbonyl (C=O) groups excluding carboxylic acids is 1. The number of rotatable bonds is 4. The molecule has 1 aliphatic rings. The summed E-state index contributed by atoms with van der Waals surface area (Å²) in [5.41, 5.74) is 3.37. The molecule has 1 aliphatic carbocycles. The van der Waals surface area contributed by atoms with E-state index in [-0.39, 0.29) is 18.1 Å². The van der Waals surface area contributed by atoms with Crippen LogP contribution in [0.1, 0.15) is 60.2 Å². The van der Waals surface area contributed by atoms with E-state index in [9.17, 15) is 4.79 Å². The van der Waals surface area contributed by atoms with E-state index in [1.54, 1.807) is 11.3 Å². The van der Waals surface area contributed by atoms with Gasteiger partial charge in [0, 0.05) is 29.4 Å². The Labute approximate surface area is 140 Å². The molecule has 7 heteroatoms. The van der Waals surface area contributed by atoms with E-state index >= 15 is 0 Å². The van der Waals surface area contributed by atoms with Gasteiger partial charge in [0.25, 0.3) is 0 Å². The van der Waals surface area contributed by atoms with Crippen LogP contribution in [0.25, 0.3) is 0 Å². The SMILES string of the molecule is CC[C@@H](NC(=O)N[C@H]1CCCc2c1cnn2C)c1nc(C)cs1. The van der Waals surface area contributed by atoms with Gasteiger partial charge in [-0.2, -0.15) is 5.10 Å². The highest BCUT2D eigenvalue weighted by molar-refractivity contribution is 7.09. The number of aromatic nitrogens is 3. The number of hydrogen-bond donors (Lipinski definition) is 2. The van der Waals surface area contributed by atoms with Crippen LogP contribution in [-0.2, 0) is 13.5 Å². The van der Waals surface area contributed by atoms with Gasteiger partial charge in [-0.15, -0.1) is 11.3 Å². The van der Waals surface area contributed by atoms with Crippen molar-refractivity contribution >= 4 is 17.4 Å². The Morgan fingerprint density at radius 2 is 2.39 bits per heavy atom. The van der Waals surface area contributed by atoms with Gasteiger partial charge in [-0.05, 0) is 32.6 Å². The number of amides is 2. The molecular formula is C16H23N5OS. The molecular weight excluding hydrogens is 310 g/mol. The first-order valence-electron chi connectivity index (χ1n) is 8.08. The molecule has 0 unspecified atom stereocenters. The molecule has 0 saturated carbocycles. The van der Waals surface area contributed by atoms with E-state index in [2.05, 4.69) is 27.6 Å². The first-order valence-corrected chi connectivity index (χ1v) is 8.96. The summed E-state index contributed by atoms with van der Waals surface area (Å²) in [6, 6.07) is -0.125. The molecule has 0 aliphatic heterocycles. The summed E-state index contributed by atoms with van der Waals surface area (Å²) in [6.07, 6.45) is 5.76. The van der Waals surface area contributed by atoms with Crippen molar-refractivity contribution in [1.82, 2.24) is 25.4 Å². The van der Waals surface area contributed by atoms with Crippen molar-refractivity contribution in [2.45, 2.75) is 51.6 Å². The molecule has 3 rings (SSSR count). The lowest BCUT2D eigenvalue weighted by Gasteiger charge is -2.25. The first-order chi connectivity index (χ1) is 11.1. The average molecular weight is 333 g/mol. The van der Waals surface area contributed by atoms with Crippen LogP contribution >= 0.6 is 11.3 Å². The number of hydrogen-bond acceptors (Lipinski definition) is 4. The van der Waals surface area contributed by atoms with Crippen LogP contribution in [0.4, 0.5) is 4.79 Å². The minimum atomic E-state index is -0.133. The Balaban J connectivity index is 1.65. The van der Waals surface area contributed by atoms with Crippen LogP contribution in [-0.4, -0.2) is 20.8 Å². The molecule has 0 bridgehead atoms. The lowest BCUT2D eigenvalue weighted by atomic mass is 9.93. The smallest absolute Gasteiger partial charge is 0.315 e. The van der Waals surface area contributed by atoms with Crippen LogP contribution in [0, 0.1) is 6.92 Å². The highest BCUT2D eigenvalue weighted by atomic mass is 32.1. The Hall–Kier alpha value is -1.89. The Kier molecular flexibility index (Phi) is 4.66. The topological polar surface area (TPSA) is 71.8 Å². The minimum Gasteiger partial charge on any atom is -0.331 e. The highest BCUT2D eigenvalue weighted by Gasteiger charge is 2.25. The second kappa shape index (κ2) is 6.70. The van der Waals surface area contributed by atoms with Gasteiger partial charge in [0.15, 0.2) is 0 Å². The third kappa shape index (κ3) is 3.39. The van der Waals surface area contributed by atoms with Crippen molar-refractivity contribution in [3.63, 3.8) is 0 Å². The average Bonchev–Trinajstić information content (AvgIpc) is 3.12. The fourth-order valence-corrected chi connectivity index (χ4v) is 4.02. The van der Waals surface area contributed by atoms with Crippen molar-refractivity contribution < 1.29 is 4.79 Å². The molecule has 23 heavy (non-hydrogen) atoms. The van der Waals surface area contributed by atoms with Gasteiger partial charge < -0.3 is 10.6 Å². The molecule has 2 N–H and O–H groups in total. The molecule has 2 aromatic rings. The van der Waals surface area contributed by atoms with Crippen molar-refractivity contribution in [2.24, 2.45) is 7.05 Å². The van der Waals surface area contributed by atoms with Gasteiger partial charge in [0.2, 0.25) is 0 Å². The van der Waals surface area contributed by atoms with E-state index < -0.39 is 0 Å². The number of nitrogens with zero attached hydrogens (tertiary/aromatic N) is 3. The zero-order chi connectivity index (χ0) is 16.4.